The van der Waals surface area contributed by atoms with Crippen molar-refractivity contribution in [1.82, 2.24) is 4.57 Å². The Morgan fingerprint density at radius 3 is 2.63 bits per heavy atom. The van der Waals surface area contributed by atoms with Crippen LogP contribution in [0, 0.1) is 12.7 Å². The van der Waals surface area contributed by atoms with Crippen LogP contribution in [-0.4, -0.2) is 40.4 Å². The van der Waals surface area contributed by atoms with Gasteiger partial charge in [0.05, 0.1) is 31.0 Å². The number of hydrogen-bond donors (Lipinski definition) is 4. The molecule has 4 N–H and O–H groups in total. The molecule has 0 spiro atoms. The number of aryl methyl sites for hydroxylation is 1. The fourth-order valence-electron chi connectivity index (χ4n) is 3.32. The molecule has 0 aliphatic heterocycles. The predicted molar refractivity (Wildman–Crippen MR) is 114 cm³/mol. The van der Waals surface area contributed by atoms with Crippen LogP contribution in [-0.2, 0) is 17.8 Å². The minimum Gasteiger partial charge on any atom is -0.395 e. The van der Waals surface area contributed by atoms with Crippen molar-refractivity contribution in [2.24, 2.45) is 0 Å². The van der Waals surface area contributed by atoms with E-state index in [1.165, 1.54) is 4.57 Å². The molecule has 1 amide bonds. The maximum Gasteiger partial charge on any atom is 0.258 e. The zero-order chi connectivity index (χ0) is 21.7. The van der Waals surface area contributed by atoms with E-state index < -0.39 is 11.7 Å². The number of aromatic nitrogens is 1. The Kier molecular flexibility index (Phi) is 6.81. The van der Waals surface area contributed by atoms with Crippen LogP contribution in [0.4, 0.5) is 15.8 Å². The highest BCUT2D eigenvalue weighted by molar-refractivity contribution is 6.07. The van der Waals surface area contributed by atoms with Crippen molar-refractivity contribution in [3.05, 3.63) is 69.9 Å². The lowest BCUT2D eigenvalue weighted by Gasteiger charge is -2.16. The zero-order valence-corrected chi connectivity index (χ0v) is 16.6. The van der Waals surface area contributed by atoms with Crippen molar-refractivity contribution in [2.75, 3.05) is 30.4 Å². The van der Waals surface area contributed by atoms with Crippen LogP contribution in [0.3, 0.4) is 0 Å². The quantitative estimate of drug-likeness (QED) is 0.453. The molecule has 0 radical (unpaired) electrons. The number of halogens is 1. The van der Waals surface area contributed by atoms with Crippen LogP contribution < -0.4 is 16.2 Å². The molecule has 0 aliphatic rings. The first-order valence-electron chi connectivity index (χ1n) is 9.62. The van der Waals surface area contributed by atoms with Gasteiger partial charge in [0.25, 0.3) is 5.56 Å². The fraction of sp³-hybridized carbons (Fsp3) is 0.273. The molecule has 7 nitrogen and oxygen atoms in total. The lowest BCUT2D eigenvalue weighted by molar-refractivity contribution is -0.115. The largest absolute Gasteiger partial charge is 0.395 e. The number of carbonyl (C=O) groups excluding carboxylic acids is 1. The molecule has 0 aliphatic carbocycles. The molecule has 1 heterocycles. The Morgan fingerprint density at radius 1 is 1.10 bits per heavy atom. The Morgan fingerprint density at radius 2 is 1.90 bits per heavy atom. The molecular weight excluding hydrogens is 389 g/mol. The lowest BCUT2D eigenvalue weighted by Crippen LogP contribution is -2.22. The summed E-state index contributed by atoms with van der Waals surface area (Å²) in [6, 6.07) is 9.84. The van der Waals surface area contributed by atoms with Crippen LogP contribution in [0.15, 0.2) is 47.4 Å². The standard InChI is InChI=1S/C22H24FN3O4/c1-14-3-2-4-15(20(14)23)13-19(29)25-21-16-7-9-26(10-12-28)22(30)17(16)5-6-18(21)24-8-11-27/h2-7,9,24,27-28H,8,10-13H2,1H3,(H,25,29). The summed E-state index contributed by atoms with van der Waals surface area (Å²) in [5, 5.41) is 25.0. The average Bonchev–Trinajstić information content (AvgIpc) is 2.73. The van der Waals surface area contributed by atoms with Gasteiger partial charge in [0, 0.05) is 30.1 Å². The van der Waals surface area contributed by atoms with Gasteiger partial charge in [-0.25, -0.2) is 4.39 Å². The second-order valence-corrected chi connectivity index (χ2v) is 6.91. The van der Waals surface area contributed by atoms with E-state index in [1.807, 2.05) is 0 Å². The number of aliphatic hydroxyl groups is 2. The van der Waals surface area contributed by atoms with Crippen LogP contribution in [0.25, 0.3) is 10.8 Å². The minimum atomic E-state index is -0.432. The molecule has 0 bridgehead atoms. The van der Waals surface area contributed by atoms with Gasteiger partial charge in [-0.05, 0) is 36.2 Å². The first kappa shape index (κ1) is 21.5. The van der Waals surface area contributed by atoms with Crippen molar-refractivity contribution in [3.8, 4) is 0 Å². The Balaban J connectivity index is 2.00. The topological polar surface area (TPSA) is 104 Å². The van der Waals surface area contributed by atoms with Gasteiger partial charge in [0.1, 0.15) is 5.82 Å². The number of rotatable bonds is 8. The van der Waals surface area contributed by atoms with E-state index in [4.69, 9.17) is 10.2 Å². The summed E-state index contributed by atoms with van der Waals surface area (Å²) in [5.74, 6) is -0.852. The Labute approximate surface area is 172 Å². The third kappa shape index (κ3) is 4.50. The number of nitrogens with zero attached hydrogens (tertiary/aromatic N) is 1. The van der Waals surface area contributed by atoms with Gasteiger partial charge in [-0.3, -0.25) is 9.59 Å². The van der Waals surface area contributed by atoms with Crippen molar-refractivity contribution in [3.63, 3.8) is 0 Å². The number of pyridine rings is 1. The highest BCUT2D eigenvalue weighted by Gasteiger charge is 2.16. The molecule has 0 saturated heterocycles. The number of benzene rings is 2. The second-order valence-electron chi connectivity index (χ2n) is 6.91. The number of amides is 1. The van der Waals surface area contributed by atoms with Crippen molar-refractivity contribution in [2.45, 2.75) is 19.9 Å². The zero-order valence-electron chi connectivity index (χ0n) is 16.6. The van der Waals surface area contributed by atoms with Gasteiger partial charge in [0.2, 0.25) is 5.91 Å². The molecule has 158 valence electrons. The molecule has 30 heavy (non-hydrogen) atoms. The molecule has 2 aromatic carbocycles. The van der Waals surface area contributed by atoms with Crippen LogP contribution in [0.2, 0.25) is 0 Å². The molecule has 0 fully saturated rings. The molecule has 0 atom stereocenters. The molecular formula is C22H24FN3O4. The summed E-state index contributed by atoms with van der Waals surface area (Å²) in [5.41, 5.74) is 1.36. The van der Waals surface area contributed by atoms with E-state index in [0.717, 1.165) is 0 Å². The number of anilines is 2. The average molecular weight is 413 g/mol. The van der Waals surface area contributed by atoms with Crippen LogP contribution >= 0.6 is 0 Å². The van der Waals surface area contributed by atoms with E-state index in [0.29, 0.717) is 27.7 Å². The predicted octanol–water partition coefficient (Wildman–Crippen LogP) is 2.03. The summed E-state index contributed by atoms with van der Waals surface area (Å²) in [7, 11) is 0. The first-order chi connectivity index (χ1) is 14.5. The third-order valence-corrected chi connectivity index (χ3v) is 4.81. The number of fused-ring (bicyclic) bond motifs is 1. The van der Waals surface area contributed by atoms with Gasteiger partial charge in [-0.2, -0.15) is 0 Å². The van der Waals surface area contributed by atoms with E-state index in [2.05, 4.69) is 10.6 Å². The molecule has 8 heteroatoms. The summed E-state index contributed by atoms with van der Waals surface area (Å²) in [6.07, 6.45) is 1.39. The van der Waals surface area contributed by atoms with Gasteiger partial charge in [-0.15, -0.1) is 0 Å². The van der Waals surface area contributed by atoms with E-state index in [1.54, 1.807) is 49.5 Å². The number of carbonyl (C=O) groups is 1. The Hall–Kier alpha value is -3.23. The van der Waals surface area contributed by atoms with Crippen LogP contribution in [0.5, 0.6) is 0 Å². The monoisotopic (exact) mass is 413 g/mol. The third-order valence-electron chi connectivity index (χ3n) is 4.81. The van der Waals surface area contributed by atoms with Crippen molar-refractivity contribution in [1.29, 1.82) is 0 Å². The maximum atomic E-state index is 14.3. The van der Waals surface area contributed by atoms with Gasteiger partial charge in [0.15, 0.2) is 0 Å². The van der Waals surface area contributed by atoms with Gasteiger partial charge < -0.3 is 25.4 Å². The highest BCUT2D eigenvalue weighted by atomic mass is 19.1. The maximum absolute atomic E-state index is 14.3. The van der Waals surface area contributed by atoms with Crippen molar-refractivity contribution < 1.29 is 19.4 Å². The second kappa shape index (κ2) is 9.51. The number of aliphatic hydroxyl groups excluding tert-OH is 2. The summed E-state index contributed by atoms with van der Waals surface area (Å²) >= 11 is 0. The fourth-order valence-corrected chi connectivity index (χ4v) is 3.32. The molecule has 1 aromatic heterocycles. The van der Waals surface area contributed by atoms with E-state index >= 15 is 0 Å². The lowest BCUT2D eigenvalue weighted by atomic mass is 10.1. The minimum absolute atomic E-state index is 0.113. The molecule has 0 unspecified atom stereocenters. The summed E-state index contributed by atoms with van der Waals surface area (Å²) in [6.45, 7) is 1.76. The molecule has 0 saturated carbocycles. The highest BCUT2D eigenvalue weighted by Crippen LogP contribution is 2.30. The summed E-state index contributed by atoms with van der Waals surface area (Å²) in [4.78, 5) is 25.4. The molecule has 3 rings (SSSR count). The normalized spacial score (nSPS) is 10.9. The number of hydrogen-bond acceptors (Lipinski definition) is 5. The Bertz CT molecular complexity index is 1130. The van der Waals surface area contributed by atoms with E-state index in [-0.39, 0.29) is 43.8 Å². The summed E-state index contributed by atoms with van der Waals surface area (Å²) < 4.78 is 15.7. The SMILES string of the molecule is Cc1cccc(CC(=O)Nc2c(NCCO)ccc3c(=O)n(CCO)ccc23)c1F. The molecule has 3 aromatic rings. The van der Waals surface area contributed by atoms with Gasteiger partial charge >= 0.3 is 0 Å². The van der Waals surface area contributed by atoms with Crippen molar-refractivity contribution >= 4 is 28.1 Å². The van der Waals surface area contributed by atoms with Gasteiger partial charge in [-0.1, -0.05) is 18.2 Å². The smallest absolute Gasteiger partial charge is 0.258 e. The van der Waals surface area contributed by atoms with E-state index in [9.17, 15) is 14.0 Å². The number of nitrogens with one attached hydrogen (secondary N) is 2. The first-order valence-corrected chi connectivity index (χ1v) is 9.62. The van der Waals surface area contributed by atoms with Crippen LogP contribution in [0.1, 0.15) is 11.1 Å².